The van der Waals surface area contributed by atoms with Crippen LogP contribution in [0.3, 0.4) is 0 Å². The maximum atomic E-state index is 13.3. The fraction of sp³-hybridized carbons (Fsp3) is 0.150. The van der Waals surface area contributed by atoms with Gasteiger partial charge in [0.05, 0.1) is 4.90 Å². The van der Waals surface area contributed by atoms with Gasteiger partial charge < -0.3 is 9.84 Å². The second-order valence-corrected chi connectivity index (χ2v) is 8.47. The molecular weight excluding hydrogens is 394 g/mol. The molecule has 3 aromatic rings. The van der Waals surface area contributed by atoms with E-state index in [0.717, 1.165) is 4.31 Å². The largest absolute Gasteiger partial charge is 0.360 e. The lowest BCUT2D eigenvalue weighted by Crippen LogP contribution is -2.54. The molecule has 4 rings (SSSR count). The SMILES string of the molecule is Cc1cc(NC(=O)[C@H]2C(=O)c3ccccc3S(=O)(=O)N2Cc2ccccc2)no1. The number of benzene rings is 2. The van der Waals surface area contributed by atoms with Crippen LogP contribution >= 0.6 is 0 Å². The molecule has 1 amide bonds. The van der Waals surface area contributed by atoms with Crippen LogP contribution in [0.2, 0.25) is 0 Å². The quantitative estimate of drug-likeness (QED) is 0.660. The summed E-state index contributed by atoms with van der Waals surface area (Å²) in [7, 11) is -4.09. The van der Waals surface area contributed by atoms with Crippen LogP contribution in [0.4, 0.5) is 5.82 Å². The number of hydrogen-bond acceptors (Lipinski definition) is 6. The number of carbonyl (C=O) groups excluding carboxylic acids is 2. The maximum absolute atomic E-state index is 13.3. The Morgan fingerprint density at radius 3 is 2.52 bits per heavy atom. The van der Waals surface area contributed by atoms with Crippen molar-refractivity contribution < 1.29 is 22.5 Å². The molecule has 1 atom stereocenters. The highest BCUT2D eigenvalue weighted by atomic mass is 32.2. The molecule has 0 spiro atoms. The van der Waals surface area contributed by atoms with Crippen LogP contribution < -0.4 is 5.32 Å². The Bertz CT molecular complexity index is 1190. The normalized spacial score (nSPS) is 18.2. The average molecular weight is 411 g/mol. The first kappa shape index (κ1) is 19.0. The minimum atomic E-state index is -4.09. The summed E-state index contributed by atoms with van der Waals surface area (Å²) < 4.78 is 32.4. The Labute approximate surface area is 167 Å². The standard InChI is InChI=1S/C20H17N3O5S/c1-13-11-17(22-28-13)21-20(25)18-19(24)15-9-5-6-10-16(15)29(26,27)23(18)12-14-7-3-2-4-8-14/h2-11,18H,12H2,1H3,(H,21,22,25)/t18-/m1/s1. The molecule has 148 valence electrons. The van der Waals surface area contributed by atoms with Crippen molar-refractivity contribution >= 4 is 27.5 Å². The zero-order chi connectivity index (χ0) is 20.6. The number of nitrogens with zero attached hydrogens (tertiary/aromatic N) is 2. The van der Waals surface area contributed by atoms with Gasteiger partial charge in [0.25, 0.3) is 5.91 Å². The lowest BCUT2D eigenvalue weighted by molar-refractivity contribution is -0.118. The number of amides is 1. The Hall–Kier alpha value is -3.30. The molecule has 0 aliphatic carbocycles. The summed E-state index contributed by atoms with van der Waals surface area (Å²) in [6.07, 6.45) is 0. The van der Waals surface area contributed by atoms with Gasteiger partial charge in [-0.25, -0.2) is 8.42 Å². The number of sulfonamides is 1. The zero-order valence-corrected chi connectivity index (χ0v) is 16.2. The summed E-state index contributed by atoms with van der Waals surface area (Å²) in [6.45, 7) is 1.52. The van der Waals surface area contributed by atoms with Gasteiger partial charge in [-0.15, -0.1) is 0 Å². The molecule has 0 unspecified atom stereocenters. The van der Waals surface area contributed by atoms with Crippen molar-refractivity contribution in [2.45, 2.75) is 24.4 Å². The van der Waals surface area contributed by atoms with Crippen molar-refractivity contribution in [1.29, 1.82) is 0 Å². The number of aromatic nitrogens is 1. The third-order valence-corrected chi connectivity index (χ3v) is 6.45. The van der Waals surface area contributed by atoms with Crippen molar-refractivity contribution in [2.75, 3.05) is 5.32 Å². The Morgan fingerprint density at radius 1 is 1.14 bits per heavy atom. The molecule has 1 aliphatic rings. The number of hydrogen-bond donors (Lipinski definition) is 1. The number of carbonyl (C=O) groups is 2. The molecule has 0 saturated carbocycles. The van der Waals surface area contributed by atoms with E-state index in [2.05, 4.69) is 10.5 Å². The summed E-state index contributed by atoms with van der Waals surface area (Å²) in [5, 5.41) is 6.16. The van der Waals surface area contributed by atoms with Gasteiger partial charge in [0.2, 0.25) is 10.0 Å². The van der Waals surface area contributed by atoms with Crippen LogP contribution in [0, 0.1) is 6.92 Å². The maximum Gasteiger partial charge on any atom is 0.252 e. The average Bonchev–Trinajstić information content (AvgIpc) is 3.12. The van der Waals surface area contributed by atoms with Crippen LogP contribution in [0.1, 0.15) is 21.7 Å². The number of ketones is 1. The fourth-order valence-corrected chi connectivity index (χ4v) is 4.99. The number of fused-ring (bicyclic) bond motifs is 1. The monoisotopic (exact) mass is 411 g/mol. The molecule has 2 heterocycles. The van der Waals surface area contributed by atoms with Crippen LogP contribution in [0.25, 0.3) is 0 Å². The van der Waals surface area contributed by atoms with Crippen molar-refractivity contribution in [3.8, 4) is 0 Å². The topological polar surface area (TPSA) is 110 Å². The van der Waals surface area contributed by atoms with E-state index in [0.29, 0.717) is 11.3 Å². The second-order valence-electron chi connectivity index (χ2n) is 6.61. The Kier molecular flexibility index (Phi) is 4.77. The summed E-state index contributed by atoms with van der Waals surface area (Å²) in [5.41, 5.74) is 0.645. The molecule has 1 N–H and O–H groups in total. The first-order chi connectivity index (χ1) is 13.9. The second kappa shape index (κ2) is 7.26. The summed E-state index contributed by atoms with van der Waals surface area (Å²) in [6, 6.07) is 14.6. The smallest absolute Gasteiger partial charge is 0.252 e. The van der Waals surface area contributed by atoms with Crippen molar-refractivity contribution in [3.63, 3.8) is 0 Å². The van der Waals surface area contributed by atoms with Gasteiger partial charge in [0.1, 0.15) is 5.76 Å². The van der Waals surface area contributed by atoms with E-state index in [1.165, 1.54) is 18.2 Å². The predicted molar refractivity (Wildman–Crippen MR) is 104 cm³/mol. The molecule has 0 radical (unpaired) electrons. The minimum Gasteiger partial charge on any atom is -0.360 e. The lowest BCUT2D eigenvalue weighted by atomic mass is 10.0. The molecule has 2 aromatic carbocycles. The third-order valence-electron chi connectivity index (χ3n) is 4.58. The number of Topliss-reactive ketones (excluding diaryl/α,β-unsaturated/α-hetero) is 1. The van der Waals surface area contributed by atoms with Crippen molar-refractivity contribution in [1.82, 2.24) is 9.46 Å². The first-order valence-electron chi connectivity index (χ1n) is 8.81. The highest BCUT2D eigenvalue weighted by Gasteiger charge is 2.47. The predicted octanol–water partition coefficient (Wildman–Crippen LogP) is 2.38. The van der Waals surface area contributed by atoms with Gasteiger partial charge in [-0.1, -0.05) is 47.6 Å². The van der Waals surface area contributed by atoms with Crippen molar-refractivity contribution in [3.05, 3.63) is 77.6 Å². The zero-order valence-electron chi connectivity index (χ0n) is 15.4. The third kappa shape index (κ3) is 3.45. The first-order valence-corrected chi connectivity index (χ1v) is 10.2. The van der Waals surface area contributed by atoms with Gasteiger partial charge in [-0.2, -0.15) is 4.31 Å². The van der Waals surface area contributed by atoms with E-state index in [-0.39, 0.29) is 22.8 Å². The molecule has 1 aliphatic heterocycles. The molecule has 0 fully saturated rings. The van der Waals surface area contributed by atoms with E-state index < -0.39 is 27.8 Å². The van der Waals surface area contributed by atoms with Gasteiger partial charge in [0.15, 0.2) is 17.6 Å². The van der Waals surface area contributed by atoms with E-state index in [4.69, 9.17) is 4.52 Å². The molecular formula is C20H17N3O5S. The van der Waals surface area contributed by atoms with E-state index in [1.807, 2.05) is 0 Å². The molecule has 1 aromatic heterocycles. The van der Waals surface area contributed by atoms with Crippen LogP contribution in [-0.4, -0.2) is 35.6 Å². The van der Waals surface area contributed by atoms with E-state index in [1.54, 1.807) is 49.4 Å². The highest BCUT2D eigenvalue weighted by Crippen LogP contribution is 2.32. The van der Waals surface area contributed by atoms with Gasteiger partial charge in [-0.05, 0) is 24.6 Å². The minimum absolute atomic E-state index is 0.00621. The Balaban J connectivity index is 1.78. The summed E-state index contributed by atoms with van der Waals surface area (Å²) in [4.78, 5) is 26.0. The molecule has 9 heteroatoms. The Morgan fingerprint density at radius 2 is 1.83 bits per heavy atom. The van der Waals surface area contributed by atoms with E-state index >= 15 is 0 Å². The molecule has 29 heavy (non-hydrogen) atoms. The van der Waals surface area contributed by atoms with Gasteiger partial charge >= 0.3 is 0 Å². The molecule has 0 bridgehead atoms. The number of anilines is 1. The van der Waals surface area contributed by atoms with Crippen molar-refractivity contribution in [2.24, 2.45) is 0 Å². The number of rotatable bonds is 4. The number of nitrogens with one attached hydrogen (secondary N) is 1. The number of aryl methyl sites for hydroxylation is 1. The molecule has 8 nitrogen and oxygen atoms in total. The summed E-state index contributed by atoms with van der Waals surface area (Å²) in [5.74, 6) is -0.813. The van der Waals surface area contributed by atoms with Gasteiger partial charge in [0, 0.05) is 18.2 Å². The highest BCUT2D eigenvalue weighted by molar-refractivity contribution is 7.89. The van der Waals surface area contributed by atoms with Gasteiger partial charge in [-0.3, -0.25) is 9.59 Å². The van der Waals surface area contributed by atoms with Crippen LogP contribution in [0.15, 0.2) is 70.1 Å². The molecule has 0 saturated heterocycles. The lowest BCUT2D eigenvalue weighted by Gasteiger charge is -2.33. The van der Waals surface area contributed by atoms with Crippen LogP contribution in [-0.2, 0) is 21.4 Å². The van der Waals surface area contributed by atoms with Crippen LogP contribution in [0.5, 0.6) is 0 Å². The van der Waals surface area contributed by atoms with E-state index in [9.17, 15) is 18.0 Å². The fourth-order valence-electron chi connectivity index (χ4n) is 3.25. The summed E-state index contributed by atoms with van der Waals surface area (Å²) >= 11 is 0.